The van der Waals surface area contributed by atoms with Crippen molar-refractivity contribution in [2.24, 2.45) is 11.0 Å². The molecule has 128 valence electrons. The van der Waals surface area contributed by atoms with Gasteiger partial charge in [-0.15, -0.1) is 0 Å². The number of nitrogens with one attached hydrogen (secondary N) is 1. The quantitative estimate of drug-likeness (QED) is 0.587. The van der Waals surface area contributed by atoms with Crippen molar-refractivity contribution in [3.63, 3.8) is 0 Å². The van der Waals surface area contributed by atoms with Gasteiger partial charge in [-0.25, -0.2) is 8.42 Å². The van der Waals surface area contributed by atoms with Gasteiger partial charge >= 0.3 is 0 Å². The highest BCUT2D eigenvalue weighted by atomic mass is 32.2. The Hall–Kier alpha value is -2.14. The number of benzene rings is 2. The molecule has 4 nitrogen and oxygen atoms in total. The largest absolute Gasteiger partial charge is 0.279 e. The molecule has 1 N–H and O–H groups in total. The van der Waals surface area contributed by atoms with Crippen LogP contribution in [0.4, 0.5) is 5.69 Å². The fourth-order valence-electron chi connectivity index (χ4n) is 2.28. The van der Waals surface area contributed by atoms with Crippen LogP contribution in [0.2, 0.25) is 0 Å². The first kappa shape index (κ1) is 18.2. The van der Waals surface area contributed by atoms with E-state index in [1.165, 1.54) is 0 Å². The van der Waals surface area contributed by atoms with Crippen molar-refractivity contribution >= 4 is 21.7 Å². The third-order valence-electron chi connectivity index (χ3n) is 4.02. The summed E-state index contributed by atoms with van der Waals surface area (Å²) in [6.07, 6.45) is 4.00. The van der Waals surface area contributed by atoms with Crippen molar-refractivity contribution in [2.75, 3.05) is 5.43 Å². The molecule has 0 saturated carbocycles. The fraction of sp³-hybridized carbons (Fsp3) is 0.316. The molecule has 2 rings (SSSR count). The van der Waals surface area contributed by atoms with Crippen molar-refractivity contribution in [1.29, 1.82) is 0 Å². The smallest absolute Gasteiger partial charge is 0.206 e. The van der Waals surface area contributed by atoms with E-state index in [9.17, 15) is 8.42 Å². The van der Waals surface area contributed by atoms with E-state index in [-0.39, 0.29) is 4.90 Å². The molecule has 0 aliphatic heterocycles. The summed E-state index contributed by atoms with van der Waals surface area (Å²) in [6, 6.07) is 13.5. The molecule has 0 aliphatic rings. The van der Waals surface area contributed by atoms with Gasteiger partial charge in [-0.3, -0.25) is 5.43 Å². The highest BCUT2D eigenvalue weighted by Gasteiger charge is 2.17. The number of rotatable bonds is 7. The van der Waals surface area contributed by atoms with Crippen LogP contribution < -0.4 is 5.43 Å². The Morgan fingerprint density at radius 2 is 1.46 bits per heavy atom. The van der Waals surface area contributed by atoms with Crippen molar-refractivity contribution in [3.8, 4) is 0 Å². The van der Waals surface area contributed by atoms with Gasteiger partial charge in [0.2, 0.25) is 9.84 Å². The molecule has 0 fully saturated rings. The predicted molar refractivity (Wildman–Crippen MR) is 99.3 cm³/mol. The first-order valence-electron chi connectivity index (χ1n) is 8.18. The molecule has 0 unspecified atom stereocenters. The molecular weight excluding hydrogens is 320 g/mol. The Morgan fingerprint density at radius 3 is 1.96 bits per heavy atom. The van der Waals surface area contributed by atoms with E-state index < -0.39 is 9.84 Å². The lowest BCUT2D eigenvalue weighted by molar-refractivity contribution is 0.596. The van der Waals surface area contributed by atoms with Crippen molar-refractivity contribution in [2.45, 2.75) is 43.4 Å². The average Bonchev–Trinajstić information content (AvgIpc) is 2.59. The van der Waals surface area contributed by atoms with Gasteiger partial charge in [0.05, 0.1) is 15.5 Å². The third-order valence-corrected chi connectivity index (χ3v) is 5.81. The van der Waals surface area contributed by atoms with Gasteiger partial charge in [0.15, 0.2) is 0 Å². The van der Waals surface area contributed by atoms with Crippen LogP contribution in [0.5, 0.6) is 0 Å². The maximum atomic E-state index is 12.6. The zero-order valence-electron chi connectivity index (χ0n) is 14.4. The summed E-state index contributed by atoms with van der Waals surface area (Å²) in [5.74, 6) is 0.457. The second-order valence-electron chi connectivity index (χ2n) is 5.81. The highest BCUT2D eigenvalue weighted by molar-refractivity contribution is 7.91. The molecule has 2 aromatic rings. The molecule has 0 radical (unpaired) electrons. The predicted octanol–water partition coefficient (Wildman–Crippen LogP) is 4.66. The van der Waals surface area contributed by atoms with Gasteiger partial charge in [-0.05, 0) is 62.1 Å². The number of hydrogen-bond donors (Lipinski definition) is 1. The minimum Gasteiger partial charge on any atom is -0.279 e. The molecule has 0 saturated heterocycles. The third kappa shape index (κ3) is 4.45. The molecule has 0 aromatic heterocycles. The maximum absolute atomic E-state index is 12.6. The van der Waals surface area contributed by atoms with Gasteiger partial charge in [-0.2, -0.15) is 5.10 Å². The zero-order chi connectivity index (χ0) is 17.6. The summed E-state index contributed by atoms with van der Waals surface area (Å²) in [6.45, 7) is 6.19. The second kappa shape index (κ2) is 8.11. The maximum Gasteiger partial charge on any atom is 0.206 e. The van der Waals surface area contributed by atoms with Gasteiger partial charge in [0.25, 0.3) is 0 Å². The Kier molecular flexibility index (Phi) is 6.15. The van der Waals surface area contributed by atoms with E-state index in [4.69, 9.17) is 0 Å². The van der Waals surface area contributed by atoms with Gasteiger partial charge < -0.3 is 0 Å². The number of sulfone groups is 1. The van der Waals surface area contributed by atoms with Gasteiger partial charge in [0.1, 0.15) is 0 Å². The van der Waals surface area contributed by atoms with Crippen LogP contribution in [0.1, 0.15) is 32.3 Å². The molecule has 0 aliphatic carbocycles. The molecule has 2 aromatic carbocycles. The van der Waals surface area contributed by atoms with Crippen molar-refractivity contribution < 1.29 is 8.42 Å². The summed E-state index contributed by atoms with van der Waals surface area (Å²) < 4.78 is 25.2. The monoisotopic (exact) mass is 344 g/mol. The van der Waals surface area contributed by atoms with Crippen LogP contribution >= 0.6 is 0 Å². The lowest BCUT2D eigenvalue weighted by Crippen LogP contribution is -2.03. The number of aryl methyl sites for hydroxylation is 1. The summed E-state index contributed by atoms with van der Waals surface area (Å²) in [4.78, 5) is 0.585. The molecule has 0 bridgehead atoms. The molecule has 5 heteroatoms. The first-order chi connectivity index (χ1) is 11.5. The SMILES string of the molecule is CCC(/C=N\Nc1ccc(S(=O)(=O)c2ccc(C)cc2)cc1)CC. The van der Waals surface area contributed by atoms with Crippen molar-refractivity contribution in [1.82, 2.24) is 0 Å². The topological polar surface area (TPSA) is 58.5 Å². The molecule has 0 amide bonds. The highest BCUT2D eigenvalue weighted by Crippen LogP contribution is 2.22. The Labute approximate surface area is 144 Å². The minimum absolute atomic E-state index is 0.279. The summed E-state index contributed by atoms with van der Waals surface area (Å²) >= 11 is 0. The van der Waals surface area contributed by atoms with Crippen LogP contribution in [-0.4, -0.2) is 14.6 Å². The van der Waals surface area contributed by atoms with Crippen LogP contribution in [-0.2, 0) is 9.84 Å². The van der Waals surface area contributed by atoms with Crippen LogP contribution in [0.25, 0.3) is 0 Å². The lowest BCUT2D eigenvalue weighted by Gasteiger charge is -2.07. The number of hydrazone groups is 1. The van der Waals surface area contributed by atoms with Crippen LogP contribution in [0, 0.1) is 12.8 Å². The Bertz CT molecular complexity index is 775. The Balaban J connectivity index is 2.12. The van der Waals surface area contributed by atoms with E-state index in [0.29, 0.717) is 10.8 Å². The average molecular weight is 344 g/mol. The zero-order valence-corrected chi connectivity index (χ0v) is 15.2. The van der Waals surface area contributed by atoms with Crippen molar-refractivity contribution in [3.05, 3.63) is 54.1 Å². The lowest BCUT2D eigenvalue weighted by atomic mass is 10.1. The van der Waals surface area contributed by atoms with E-state index in [1.807, 2.05) is 13.1 Å². The molecule has 24 heavy (non-hydrogen) atoms. The van der Waals surface area contributed by atoms with Crippen LogP contribution in [0.15, 0.2) is 63.4 Å². The second-order valence-corrected chi connectivity index (χ2v) is 7.76. The van der Waals surface area contributed by atoms with E-state index in [0.717, 1.165) is 24.1 Å². The number of anilines is 1. The molecule has 0 heterocycles. The van der Waals surface area contributed by atoms with Crippen LogP contribution in [0.3, 0.4) is 0 Å². The first-order valence-corrected chi connectivity index (χ1v) is 9.66. The standard InChI is InChI=1S/C19H24N2O2S/c1-4-16(5-2)14-20-21-17-8-12-19(13-9-17)24(22,23)18-10-6-15(3)7-11-18/h6-14,16,21H,4-5H2,1-3H3/b20-14-. The van der Waals surface area contributed by atoms with E-state index >= 15 is 0 Å². The fourth-order valence-corrected chi connectivity index (χ4v) is 3.54. The summed E-state index contributed by atoms with van der Waals surface area (Å²) in [5.41, 5.74) is 4.74. The molecule has 0 spiro atoms. The van der Waals surface area contributed by atoms with Gasteiger partial charge in [-0.1, -0.05) is 31.5 Å². The minimum atomic E-state index is -3.48. The normalized spacial score (nSPS) is 12.0. The number of nitrogens with zero attached hydrogens (tertiary/aromatic N) is 1. The summed E-state index contributed by atoms with van der Waals surface area (Å²) in [5, 5.41) is 4.22. The molecule has 0 atom stereocenters. The number of hydrogen-bond acceptors (Lipinski definition) is 4. The van der Waals surface area contributed by atoms with E-state index in [1.54, 1.807) is 48.5 Å². The van der Waals surface area contributed by atoms with Gasteiger partial charge in [0, 0.05) is 6.21 Å². The molecular formula is C19H24N2O2S. The Morgan fingerprint density at radius 1 is 0.958 bits per heavy atom. The summed E-state index contributed by atoms with van der Waals surface area (Å²) in [7, 11) is -3.48. The van der Waals surface area contributed by atoms with E-state index in [2.05, 4.69) is 24.4 Å².